The van der Waals surface area contributed by atoms with Crippen LogP contribution in [0.15, 0.2) is 24.5 Å². The summed E-state index contributed by atoms with van der Waals surface area (Å²) in [6, 6.07) is 4.05. The van der Waals surface area contributed by atoms with Crippen molar-refractivity contribution in [2.75, 3.05) is 6.61 Å². The summed E-state index contributed by atoms with van der Waals surface area (Å²) in [6.07, 6.45) is 4.56. The fraction of sp³-hybridized carbons (Fsp3) is 0.444. The topological polar surface area (TPSA) is 48.1 Å². The maximum absolute atomic E-state index is 5.87. The van der Waals surface area contributed by atoms with Gasteiger partial charge in [0.15, 0.2) is 0 Å². The first kappa shape index (κ1) is 7.71. The van der Waals surface area contributed by atoms with E-state index in [9.17, 15) is 0 Å². The summed E-state index contributed by atoms with van der Waals surface area (Å²) >= 11 is 0. The summed E-state index contributed by atoms with van der Waals surface area (Å²) in [5.41, 5.74) is 7.00. The lowest BCUT2D eigenvalue weighted by atomic mass is 10.0. The van der Waals surface area contributed by atoms with Gasteiger partial charge in [0.1, 0.15) is 0 Å². The minimum absolute atomic E-state index is 0.0769. The van der Waals surface area contributed by atoms with Gasteiger partial charge in [0.05, 0.1) is 6.10 Å². The SMILES string of the molecule is N[C@@H]1CCO[C@@H]1c1ccncc1. The normalized spacial score (nSPS) is 29.1. The Hall–Kier alpha value is -0.930. The predicted octanol–water partition coefficient (Wildman–Crippen LogP) is 0.870. The summed E-state index contributed by atoms with van der Waals surface area (Å²) < 4.78 is 5.50. The number of ether oxygens (including phenoxy) is 1. The Morgan fingerprint density at radius 2 is 2.17 bits per heavy atom. The number of aromatic nitrogens is 1. The van der Waals surface area contributed by atoms with Gasteiger partial charge in [0, 0.05) is 25.0 Å². The van der Waals surface area contributed by atoms with Crippen LogP contribution in [0.2, 0.25) is 0 Å². The van der Waals surface area contributed by atoms with Crippen LogP contribution in [0.4, 0.5) is 0 Å². The molecule has 2 rings (SSSR count). The van der Waals surface area contributed by atoms with Gasteiger partial charge in [-0.15, -0.1) is 0 Å². The summed E-state index contributed by atoms with van der Waals surface area (Å²) in [4.78, 5) is 3.95. The molecule has 0 bridgehead atoms. The van der Waals surface area contributed by atoms with Crippen LogP contribution < -0.4 is 5.73 Å². The number of rotatable bonds is 1. The highest BCUT2D eigenvalue weighted by Gasteiger charge is 2.25. The molecule has 0 unspecified atom stereocenters. The minimum atomic E-state index is 0.0769. The molecular weight excluding hydrogens is 152 g/mol. The van der Waals surface area contributed by atoms with E-state index in [2.05, 4.69) is 4.98 Å². The Labute approximate surface area is 71.6 Å². The molecule has 1 aliphatic heterocycles. The molecule has 2 atom stereocenters. The Morgan fingerprint density at radius 3 is 2.75 bits per heavy atom. The van der Waals surface area contributed by atoms with Crippen molar-refractivity contribution in [1.29, 1.82) is 0 Å². The van der Waals surface area contributed by atoms with Crippen LogP contribution in [0.25, 0.3) is 0 Å². The number of hydrogen-bond acceptors (Lipinski definition) is 3. The molecule has 1 aromatic heterocycles. The highest BCUT2D eigenvalue weighted by Crippen LogP contribution is 2.26. The zero-order valence-electron chi connectivity index (χ0n) is 6.81. The molecular formula is C9H12N2O. The van der Waals surface area contributed by atoms with Gasteiger partial charge in [-0.25, -0.2) is 0 Å². The van der Waals surface area contributed by atoms with Crippen LogP contribution >= 0.6 is 0 Å². The van der Waals surface area contributed by atoms with Crippen LogP contribution in [0.5, 0.6) is 0 Å². The van der Waals surface area contributed by atoms with Crippen molar-refractivity contribution >= 4 is 0 Å². The number of hydrogen-bond donors (Lipinski definition) is 1. The molecule has 0 spiro atoms. The van der Waals surface area contributed by atoms with Crippen molar-refractivity contribution in [3.8, 4) is 0 Å². The second kappa shape index (κ2) is 3.21. The van der Waals surface area contributed by atoms with E-state index in [0.29, 0.717) is 0 Å². The van der Waals surface area contributed by atoms with Crippen LogP contribution in [0.3, 0.4) is 0 Å². The largest absolute Gasteiger partial charge is 0.372 e. The van der Waals surface area contributed by atoms with Gasteiger partial charge in [-0.05, 0) is 24.1 Å². The van der Waals surface area contributed by atoms with E-state index in [1.807, 2.05) is 12.1 Å². The van der Waals surface area contributed by atoms with Crippen molar-refractivity contribution < 1.29 is 4.74 Å². The first-order valence-electron chi connectivity index (χ1n) is 4.15. The lowest BCUT2D eigenvalue weighted by Gasteiger charge is -2.13. The molecule has 0 amide bonds. The molecule has 1 aliphatic rings. The number of pyridine rings is 1. The molecule has 1 fully saturated rings. The maximum Gasteiger partial charge on any atom is 0.0977 e. The summed E-state index contributed by atoms with van der Waals surface area (Å²) in [5, 5.41) is 0. The van der Waals surface area contributed by atoms with Gasteiger partial charge in [0.25, 0.3) is 0 Å². The van der Waals surface area contributed by atoms with E-state index in [1.54, 1.807) is 12.4 Å². The predicted molar refractivity (Wildman–Crippen MR) is 45.5 cm³/mol. The van der Waals surface area contributed by atoms with Gasteiger partial charge in [-0.2, -0.15) is 0 Å². The smallest absolute Gasteiger partial charge is 0.0977 e. The first-order valence-corrected chi connectivity index (χ1v) is 4.15. The maximum atomic E-state index is 5.87. The zero-order valence-corrected chi connectivity index (χ0v) is 6.81. The van der Waals surface area contributed by atoms with Crippen molar-refractivity contribution in [1.82, 2.24) is 4.98 Å². The highest BCUT2D eigenvalue weighted by molar-refractivity contribution is 5.16. The second-order valence-corrected chi connectivity index (χ2v) is 3.02. The molecule has 1 aromatic rings. The molecule has 1 saturated heterocycles. The molecule has 3 heteroatoms. The summed E-state index contributed by atoms with van der Waals surface area (Å²) in [6.45, 7) is 0.772. The van der Waals surface area contributed by atoms with Crippen LogP contribution in [-0.2, 0) is 4.74 Å². The highest BCUT2D eigenvalue weighted by atomic mass is 16.5. The molecule has 3 nitrogen and oxygen atoms in total. The average Bonchev–Trinajstić information content (AvgIpc) is 2.53. The summed E-state index contributed by atoms with van der Waals surface area (Å²) in [7, 11) is 0. The van der Waals surface area contributed by atoms with E-state index in [0.717, 1.165) is 18.6 Å². The summed E-state index contributed by atoms with van der Waals surface area (Å²) in [5.74, 6) is 0. The first-order chi connectivity index (χ1) is 5.88. The fourth-order valence-electron chi connectivity index (χ4n) is 1.50. The Morgan fingerprint density at radius 1 is 1.42 bits per heavy atom. The lowest BCUT2D eigenvalue weighted by Crippen LogP contribution is -2.23. The van der Waals surface area contributed by atoms with Gasteiger partial charge < -0.3 is 10.5 Å². The molecule has 64 valence electrons. The lowest BCUT2D eigenvalue weighted by molar-refractivity contribution is 0.105. The minimum Gasteiger partial charge on any atom is -0.372 e. The van der Waals surface area contributed by atoms with E-state index < -0.39 is 0 Å². The monoisotopic (exact) mass is 164 g/mol. The van der Waals surface area contributed by atoms with E-state index in [-0.39, 0.29) is 12.1 Å². The van der Waals surface area contributed by atoms with Crippen molar-refractivity contribution in [3.63, 3.8) is 0 Å². The van der Waals surface area contributed by atoms with Crippen LogP contribution in [0.1, 0.15) is 18.1 Å². The second-order valence-electron chi connectivity index (χ2n) is 3.02. The Balaban J connectivity index is 2.19. The van der Waals surface area contributed by atoms with Crippen molar-refractivity contribution in [3.05, 3.63) is 30.1 Å². The average molecular weight is 164 g/mol. The zero-order chi connectivity index (χ0) is 8.39. The number of nitrogens with two attached hydrogens (primary N) is 1. The van der Waals surface area contributed by atoms with E-state index in [1.165, 1.54) is 0 Å². The molecule has 0 saturated carbocycles. The molecule has 12 heavy (non-hydrogen) atoms. The van der Waals surface area contributed by atoms with Gasteiger partial charge in [-0.3, -0.25) is 4.98 Å². The fourth-order valence-corrected chi connectivity index (χ4v) is 1.50. The molecule has 0 aliphatic carbocycles. The van der Waals surface area contributed by atoms with Crippen LogP contribution in [0, 0.1) is 0 Å². The van der Waals surface area contributed by atoms with Gasteiger partial charge in [-0.1, -0.05) is 0 Å². The molecule has 2 heterocycles. The molecule has 0 aromatic carbocycles. The quantitative estimate of drug-likeness (QED) is 0.670. The van der Waals surface area contributed by atoms with Crippen molar-refractivity contribution in [2.24, 2.45) is 5.73 Å². The third kappa shape index (κ3) is 1.33. The standard InChI is InChI=1S/C9H12N2O/c10-8-3-6-12-9(8)7-1-4-11-5-2-7/h1-2,4-5,8-9H,3,6,10H2/t8-,9-/m1/s1. The third-order valence-electron chi connectivity index (χ3n) is 2.17. The molecule has 2 N–H and O–H groups in total. The Bertz CT molecular complexity index is 250. The third-order valence-corrected chi connectivity index (χ3v) is 2.17. The van der Waals surface area contributed by atoms with E-state index >= 15 is 0 Å². The van der Waals surface area contributed by atoms with Crippen LogP contribution in [-0.4, -0.2) is 17.6 Å². The Kier molecular flexibility index (Phi) is 2.06. The molecule has 0 radical (unpaired) electrons. The van der Waals surface area contributed by atoms with Crippen molar-refractivity contribution in [2.45, 2.75) is 18.6 Å². The van der Waals surface area contributed by atoms with Gasteiger partial charge in [0.2, 0.25) is 0 Å². The van der Waals surface area contributed by atoms with E-state index in [4.69, 9.17) is 10.5 Å². The number of nitrogens with zero attached hydrogens (tertiary/aromatic N) is 1. The van der Waals surface area contributed by atoms with Gasteiger partial charge >= 0.3 is 0 Å².